The van der Waals surface area contributed by atoms with Crippen molar-refractivity contribution in [2.24, 2.45) is 7.05 Å². The van der Waals surface area contributed by atoms with Gasteiger partial charge in [-0.1, -0.05) is 30.3 Å². The van der Waals surface area contributed by atoms with Crippen molar-refractivity contribution in [2.45, 2.75) is 20.0 Å². The van der Waals surface area contributed by atoms with Crippen molar-refractivity contribution < 1.29 is 4.79 Å². The van der Waals surface area contributed by atoms with Crippen LogP contribution < -0.4 is 5.32 Å². The zero-order valence-corrected chi connectivity index (χ0v) is 16.5. The Hall–Kier alpha value is -3.67. The first-order chi connectivity index (χ1) is 14.1. The summed E-state index contributed by atoms with van der Waals surface area (Å²) < 4.78 is 3.88. The Bertz CT molecular complexity index is 1110. The number of hydrogen-bond donors (Lipinski definition) is 1. The number of pyridine rings is 1. The summed E-state index contributed by atoms with van der Waals surface area (Å²) in [6.45, 7) is 3.09. The van der Waals surface area contributed by atoms with Gasteiger partial charge in [-0.15, -0.1) is 0 Å². The van der Waals surface area contributed by atoms with E-state index in [0.717, 1.165) is 22.5 Å². The molecule has 0 saturated carbocycles. The quantitative estimate of drug-likeness (QED) is 0.552. The van der Waals surface area contributed by atoms with Crippen molar-refractivity contribution in [3.63, 3.8) is 0 Å². The van der Waals surface area contributed by atoms with Crippen LogP contribution in [0.4, 0.5) is 0 Å². The number of hydrogen-bond acceptors (Lipinski definition) is 3. The molecule has 1 aromatic carbocycles. The lowest BCUT2D eigenvalue weighted by atomic mass is 10.1. The molecule has 1 amide bonds. The fraction of sp³-hybridized carbons (Fsp3) is 0.174. The van der Waals surface area contributed by atoms with Crippen molar-refractivity contribution in [3.8, 4) is 11.3 Å². The molecule has 0 bridgehead atoms. The lowest BCUT2D eigenvalue weighted by molar-refractivity contribution is 0.0950. The summed E-state index contributed by atoms with van der Waals surface area (Å²) >= 11 is 0. The van der Waals surface area contributed by atoms with Gasteiger partial charge in [0.25, 0.3) is 5.91 Å². The highest BCUT2D eigenvalue weighted by Gasteiger charge is 2.18. The van der Waals surface area contributed by atoms with E-state index >= 15 is 0 Å². The van der Waals surface area contributed by atoms with Crippen LogP contribution in [-0.4, -0.2) is 25.2 Å². The van der Waals surface area contributed by atoms with Gasteiger partial charge in [0.05, 0.1) is 18.7 Å². The first kappa shape index (κ1) is 18.7. The molecule has 146 valence electrons. The van der Waals surface area contributed by atoms with Crippen LogP contribution in [0.25, 0.3) is 11.3 Å². The molecule has 1 N–H and O–H groups in total. The second-order valence-corrected chi connectivity index (χ2v) is 7.02. The summed E-state index contributed by atoms with van der Waals surface area (Å²) in [7, 11) is 2.00. The Balaban J connectivity index is 1.61. The zero-order valence-electron chi connectivity index (χ0n) is 16.5. The minimum atomic E-state index is -0.151. The maximum atomic E-state index is 13.0. The van der Waals surface area contributed by atoms with Gasteiger partial charge in [0, 0.05) is 42.6 Å². The van der Waals surface area contributed by atoms with E-state index in [2.05, 4.69) is 20.0 Å². The number of aromatic nitrogens is 4. The van der Waals surface area contributed by atoms with E-state index in [1.165, 1.54) is 0 Å². The monoisotopic (exact) mass is 385 g/mol. The van der Waals surface area contributed by atoms with Crippen molar-refractivity contribution in [1.29, 1.82) is 0 Å². The molecule has 0 aliphatic carbocycles. The van der Waals surface area contributed by atoms with Gasteiger partial charge in [-0.3, -0.25) is 14.5 Å². The third-order valence-corrected chi connectivity index (χ3v) is 5.04. The number of amides is 1. The van der Waals surface area contributed by atoms with E-state index in [1.54, 1.807) is 23.3 Å². The molecular weight excluding hydrogens is 362 g/mol. The smallest absolute Gasteiger partial charge is 0.255 e. The van der Waals surface area contributed by atoms with Crippen LogP contribution in [-0.2, 0) is 20.1 Å². The summed E-state index contributed by atoms with van der Waals surface area (Å²) in [5.41, 5.74) is 5.32. The van der Waals surface area contributed by atoms with Gasteiger partial charge >= 0.3 is 0 Å². The minimum absolute atomic E-state index is 0.151. The van der Waals surface area contributed by atoms with Crippen LogP contribution >= 0.6 is 0 Å². The van der Waals surface area contributed by atoms with Crippen LogP contribution in [0.2, 0.25) is 0 Å². The molecule has 3 heterocycles. The normalized spacial score (nSPS) is 10.8. The molecule has 0 fully saturated rings. The molecule has 0 atom stereocenters. The summed E-state index contributed by atoms with van der Waals surface area (Å²) in [6.07, 6.45) is 5.25. The largest absolute Gasteiger partial charge is 0.350 e. The number of aryl methyl sites for hydroxylation is 1. The maximum absolute atomic E-state index is 13.0. The van der Waals surface area contributed by atoms with E-state index in [0.29, 0.717) is 24.3 Å². The van der Waals surface area contributed by atoms with Crippen LogP contribution in [0, 0.1) is 6.92 Å². The van der Waals surface area contributed by atoms with E-state index in [4.69, 9.17) is 0 Å². The van der Waals surface area contributed by atoms with Crippen molar-refractivity contribution >= 4 is 5.91 Å². The Morgan fingerprint density at radius 2 is 1.90 bits per heavy atom. The van der Waals surface area contributed by atoms with Crippen molar-refractivity contribution in [2.75, 3.05) is 0 Å². The van der Waals surface area contributed by atoms with Crippen LogP contribution in [0.5, 0.6) is 0 Å². The third kappa shape index (κ3) is 4.11. The van der Waals surface area contributed by atoms with Gasteiger partial charge < -0.3 is 9.88 Å². The zero-order chi connectivity index (χ0) is 20.2. The molecule has 0 unspecified atom stereocenters. The summed E-state index contributed by atoms with van der Waals surface area (Å²) in [4.78, 5) is 17.2. The summed E-state index contributed by atoms with van der Waals surface area (Å²) in [6, 6.07) is 17.9. The summed E-state index contributed by atoms with van der Waals surface area (Å²) in [5, 5.41) is 7.71. The number of nitrogens with zero attached hydrogens (tertiary/aromatic N) is 4. The van der Waals surface area contributed by atoms with Gasteiger partial charge in [0.2, 0.25) is 0 Å². The number of rotatable bonds is 6. The molecule has 0 spiro atoms. The maximum Gasteiger partial charge on any atom is 0.255 e. The number of carbonyl (C=O) groups excluding carboxylic acids is 1. The second-order valence-electron chi connectivity index (χ2n) is 7.02. The predicted octanol–water partition coefficient (Wildman–Crippen LogP) is 3.57. The molecule has 3 aromatic heterocycles. The van der Waals surface area contributed by atoms with E-state index in [1.807, 2.05) is 68.6 Å². The predicted molar refractivity (Wildman–Crippen MR) is 112 cm³/mol. The van der Waals surface area contributed by atoms with Crippen LogP contribution in [0.3, 0.4) is 0 Å². The molecular formula is C23H23N5O. The lowest BCUT2D eigenvalue weighted by Gasteiger charge is -2.07. The highest BCUT2D eigenvalue weighted by molar-refractivity contribution is 5.99. The highest BCUT2D eigenvalue weighted by Crippen LogP contribution is 2.22. The average Bonchev–Trinajstić information content (AvgIpc) is 3.31. The van der Waals surface area contributed by atoms with E-state index in [9.17, 15) is 4.79 Å². The Kier molecular flexibility index (Phi) is 5.24. The molecule has 0 saturated heterocycles. The fourth-order valence-corrected chi connectivity index (χ4v) is 3.27. The molecule has 4 rings (SSSR count). The molecule has 4 aromatic rings. The van der Waals surface area contributed by atoms with Crippen LogP contribution in [0.15, 0.2) is 73.2 Å². The number of benzene rings is 1. The fourth-order valence-electron chi connectivity index (χ4n) is 3.27. The number of carbonyl (C=O) groups is 1. The molecule has 0 radical (unpaired) electrons. The number of nitrogens with one attached hydrogen (secondary N) is 1. The Morgan fingerprint density at radius 3 is 2.59 bits per heavy atom. The molecule has 6 nitrogen and oxygen atoms in total. The van der Waals surface area contributed by atoms with E-state index in [-0.39, 0.29) is 5.91 Å². The molecule has 29 heavy (non-hydrogen) atoms. The third-order valence-electron chi connectivity index (χ3n) is 5.04. The minimum Gasteiger partial charge on any atom is -0.350 e. The van der Waals surface area contributed by atoms with Crippen molar-refractivity contribution in [3.05, 3.63) is 95.7 Å². The van der Waals surface area contributed by atoms with Gasteiger partial charge in [-0.2, -0.15) is 5.10 Å². The second kappa shape index (κ2) is 8.14. The SMILES string of the molecule is Cc1ccc(CNC(=O)c2cn(Cc3ccccc3)nc2-c2cccnc2)n1C. The van der Waals surface area contributed by atoms with Gasteiger partial charge in [0.1, 0.15) is 5.69 Å². The Morgan fingerprint density at radius 1 is 1.07 bits per heavy atom. The van der Waals surface area contributed by atoms with Gasteiger partial charge in [0.15, 0.2) is 0 Å². The average molecular weight is 385 g/mol. The topological polar surface area (TPSA) is 64.7 Å². The molecule has 0 aliphatic heterocycles. The van der Waals surface area contributed by atoms with Crippen LogP contribution in [0.1, 0.15) is 27.3 Å². The summed E-state index contributed by atoms with van der Waals surface area (Å²) in [5.74, 6) is -0.151. The van der Waals surface area contributed by atoms with Gasteiger partial charge in [-0.05, 0) is 36.8 Å². The first-order valence-electron chi connectivity index (χ1n) is 9.53. The van der Waals surface area contributed by atoms with Crippen molar-refractivity contribution in [1.82, 2.24) is 24.6 Å². The standard InChI is InChI=1S/C23H23N5O/c1-17-10-11-20(27(17)2)14-25-23(29)21-16-28(15-18-7-4-3-5-8-18)26-22(21)19-9-6-12-24-13-19/h3-13,16H,14-15H2,1-2H3,(H,25,29). The highest BCUT2D eigenvalue weighted by atomic mass is 16.1. The Labute approximate surface area is 169 Å². The van der Waals surface area contributed by atoms with Gasteiger partial charge in [-0.25, -0.2) is 0 Å². The molecule has 0 aliphatic rings. The first-order valence-corrected chi connectivity index (χ1v) is 9.53. The van der Waals surface area contributed by atoms with E-state index < -0.39 is 0 Å². The molecule has 6 heteroatoms. The lowest BCUT2D eigenvalue weighted by Crippen LogP contribution is -2.24.